The van der Waals surface area contributed by atoms with Gasteiger partial charge in [0.1, 0.15) is 6.26 Å². The Morgan fingerprint density at radius 1 is 1.38 bits per heavy atom. The molecular weight excluding hydrogens is 330 g/mol. The summed E-state index contributed by atoms with van der Waals surface area (Å²) in [7, 11) is -3.62. The van der Waals surface area contributed by atoms with Crippen LogP contribution in [0, 0.1) is 0 Å². The highest BCUT2D eigenvalue weighted by atomic mass is 32.2. The van der Waals surface area contributed by atoms with Crippen molar-refractivity contribution in [2.24, 2.45) is 0 Å². The molecule has 0 aliphatic carbocycles. The number of anilines is 1. The van der Waals surface area contributed by atoms with Gasteiger partial charge in [0.15, 0.2) is 0 Å². The first-order valence-electron chi connectivity index (χ1n) is 7.60. The minimum absolute atomic E-state index is 0.0602. The molecule has 1 amide bonds. The van der Waals surface area contributed by atoms with Crippen LogP contribution in [0.2, 0.25) is 0 Å². The van der Waals surface area contributed by atoms with Gasteiger partial charge in [-0.2, -0.15) is 0 Å². The number of benzene rings is 1. The number of carbonyl (C=O) groups is 1. The molecule has 1 aromatic carbocycles. The molecule has 2 N–H and O–H groups in total. The third-order valence-electron chi connectivity index (χ3n) is 4.10. The lowest BCUT2D eigenvalue weighted by molar-refractivity contribution is -0.117. The fourth-order valence-corrected chi connectivity index (χ4v) is 3.87. The summed E-state index contributed by atoms with van der Waals surface area (Å²) in [5, 5.41) is 6.36. The van der Waals surface area contributed by atoms with Crippen molar-refractivity contribution in [2.75, 3.05) is 11.9 Å². The van der Waals surface area contributed by atoms with Crippen molar-refractivity contribution in [2.45, 2.75) is 37.0 Å². The minimum atomic E-state index is -3.62. The Balaban J connectivity index is 1.80. The molecule has 8 heteroatoms. The third kappa shape index (κ3) is 3.34. The van der Waals surface area contributed by atoms with Gasteiger partial charge in [0.2, 0.25) is 15.9 Å². The Bertz CT molecular complexity index is 857. The molecule has 0 fully saturated rings. The third-order valence-corrected chi connectivity index (χ3v) is 5.55. The molecule has 0 atom stereocenters. The fourth-order valence-electron chi connectivity index (χ4n) is 2.81. The average molecular weight is 349 g/mol. The predicted octanol–water partition coefficient (Wildman–Crippen LogP) is 1.82. The van der Waals surface area contributed by atoms with Crippen LogP contribution in [-0.4, -0.2) is 26.0 Å². The van der Waals surface area contributed by atoms with Gasteiger partial charge >= 0.3 is 0 Å². The standard InChI is InChI=1S/C16H19N3O4S/c1-16(2)8-15(20)19-14-4-3-12(7-13(14)16)24(21,22)18-6-5-11-9-17-23-10-11/h3-4,7,9-10,18H,5-6,8H2,1-2H3,(H,19,20). The van der Waals surface area contributed by atoms with Crippen LogP contribution < -0.4 is 10.0 Å². The van der Waals surface area contributed by atoms with E-state index in [0.717, 1.165) is 11.1 Å². The van der Waals surface area contributed by atoms with E-state index in [9.17, 15) is 13.2 Å². The first-order valence-corrected chi connectivity index (χ1v) is 9.08. The van der Waals surface area contributed by atoms with E-state index in [4.69, 9.17) is 4.52 Å². The van der Waals surface area contributed by atoms with Gasteiger partial charge in [-0.05, 0) is 30.2 Å². The van der Waals surface area contributed by atoms with Crippen molar-refractivity contribution in [1.82, 2.24) is 9.88 Å². The van der Waals surface area contributed by atoms with Crippen molar-refractivity contribution in [1.29, 1.82) is 0 Å². The Morgan fingerprint density at radius 3 is 2.88 bits per heavy atom. The molecule has 2 heterocycles. The lowest BCUT2D eigenvalue weighted by Crippen LogP contribution is -2.33. The van der Waals surface area contributed by atoms with Gasteiger partial charge in [0, 0.05) is 29.6 Å². The Kier molecular flexibility index (Phi) is 4.18. The number of hydrogen-bond acceptors (Lipinski definition) is 5. The quantitative estimate of drug-likeness (QED) is 0.857. The summed E-state index contributed by atoms with van der Waals surface area (Å²) in [5.74, 6) is -0.0602. The summed E-state index contributed by atoms with van der Waals surface area (Å²) in [4.78, 5) is 11.9. The zero-order chi connectivity index (χ0) is 17.4. The van der Waals surface area contributed by atoms with E-state index in [-0.39, 0.29) is 17.3 Å². The van der Waals surface area contributed by atoms with E-state index >= 15 is 0 Å². The number of sulfonamides is 1. The molecule has 128 valence electrons. The average Bonchev–Trinajstić information content (AvgIpc) is 2.99. The van der Waals surface area contributed by atoms with Crippen LogP contribution in [0.1, 0.15) is 31.4 Å². The van der Waals surface area contributed by atoms with Gasteiger partial charge in [-0.25, -0.2) is 13.1 Å². The maximum absolute atomic E-state index is 12.5. The Labute approximate surface area is 140 Å². The van der Waals surface area contributed by atoms with Crippen LogP contribution in [0.25, 0.3) is 0 Å². The van der Waals surface area contributed by atoms with Gasteiger partial charge in [-0.3, -0.25) is 4.79 Å². The van der Waals surface area contributed by atoms with Gasteiger partial charge < -0.3 is 9.84 Å². The summed E-state index contributed by atoms with van der Waals surface area (Å²) < 4.78 is 32.3. The number of fused-ring (bicyclic) bond motifs is 1. The second kappa shape index (κ2) is 6.03. The lowest BCUT2D eigenvalue weighted by Gasteiger charge is -2.32. The largest absolute Gasteiger partial charge is 0.364 e. The number of hydrogen-bond donors (Lipinski definition) is 2. The molecule has 0 saturated heterocycles. The van der Waals surface area contributed by atoms with Crippen LogP contribution in [0.5, 0.6) is 0 Å². The number of nitrogens with one attached hydrogen (secondary N) is 2. The molecule has 3 rings (SSSR count). The van der Waals surface area contributed by atoms with Gasteiger partial charge in [0.05, 0.1) is 11.1 Å². The summed E-state index contributed by atoms with van der Waals surface area (Å²) >= 11 is 0. The lowest BCUT2D eigenvalue weighted by atomic mass is 9.78. The van der Waals surface area contributed by atoms with Crippen molar-refractivity contribution in [3.8, 4) is 0 Å². The predicted molar refractivity (Wildman–Crippen MR) is 88.1 cm³/mol. The highest BCUT2D eigenvalue weighted by molar-refractivity contribution is 7.89. The van der Waals surface area contributed by atoms with E-state index in [0.29, 0.717) is 18.5 Å². The van der Waals surface area contributed by atoms with E-state index in [1.54, 1.807) is 18.3 Å². The van der Waals surface area contributed by atoms with Crippen molar-refractivity contribution in [3.63, 3.8) is 0 Å². The molecule has 1 aromatic heterocycles. The highest BCUT2D eigenvalue weighted by Gasteiger charge is 2.33. The summed E-state index contributed by atoms with van der Waals surface area (Å²) in [6.45, 7) is 4.11. The second-order valence-electron chi connectivity index (χ2n) is 6.50. The number of rotatable bonds is 5. The van der Waals surface area contributed by atoms with Crippen LogP contribution in [-0.2, 0) is 26.7 Å². The molecule has 7 nitrogen and oxygen atoms in total. The molecule has 2 aromatic rings. The monoisotopic (exact) mass is 349 g/mol. The fraction of sp³-hybridized carbons (Fsp3) is 0.375. The Hall–Kier alpha value is -2.19. The van der Waals surface area contributed by atoms with Crippen molar-refractivity contribution >= 4 is 21.6 Å². The first kappa shape index (κ1) is 16.7. The molecule has 0 saturated carbocycles. The SMILES string of the molecule is CC1(C)CC(=O)Nc2ccc(S(=O)(=O)NCCc3cnoc3)cc21. The van der Waals surface area contributed by atoms with Crippen molar-refractivity contribution < 1.29 is 17.7 Å². The molecule has 24 heavy (non-hydrogen) atoms. The maximum atomic E-state index is 12.5. The zero-order valence-corrected chi connectivity index (χ0v) is 14.3. The van der Waals surface area contributed by atoms with E-state index in [1.807, 2.05) is 13.8 Å². The molecule has 0 bridgehead atoms. The van der Waals surface area contributed by atoms with Crippen LogP contribution in [0.3, 0.4) is 0 Å². The van der Waals surface area contributed by atoms with Gasteiger partial charge in [0.25, 0.3) is 0 Å². The number of nitrogens with zero attached hydrogens (tertiary/aromatic N) is 1. The zero-order valence-electron chi connectivity index (χ0n) is 13.5. The Morgan fingerprint density at radius 2 is 2.17 bits per heavy atom. The summed E-state index contributed by atoms with van der Waals surface area (Å²) in [6.07, 6.45) is 3.86. The molecule has 0 unspecified atom stereocenters. The van der Waals surface area contributed by atoms with Gasteiger partial charge in [-0.15, -0.1) is 0 Å². The number of carbonyl (C=O) groups excluding carboxylic acids is 1. The second-order valence-corrected chi connectivity index (χ2v) is 8.26. The van der Waals surface area contributed by atoms with E-state index < -0.39 is 15.4 Å². The first-order chi connectivity index (χ1) is 11.3. The van der Waals surface area contributed by atoms with Crippen LogP contribution >= 0.6 is 0 Å². The smallest absolute Gasteiger partial charge is 0.240 e. The summed E-state index contributed by atoms with van der Waals surface area (Å²) in [6, 6.07) is 4.78. The van der Waals surface area contributed by atoms with Crippen LogP contribution in [0.15, 0.2) is 40.1 Å². The minimum Gasteiger partial charge on any atom is -0.364 e. The van der Waals surface area contributed by atoms with Crippen molar-refractivity contribution in [3.05, 3.63) is 41.8 Å². The number of amides is 1. The number of aromatic nitrogens is 1. The molecule has 1 aliphatic heterocycles. The highest BCUT2D eigenvalue weighted by Crippen LogP contribution is 2.38. The maximum Gasteiger partial charge on any atom is 0.240 e. The van der Waals surface area contributed by atoms with Crippen LogP contribution in [0.4, 0.5) is 5.69 Å². The van der Waals surface area contributed by atoms with E-state index in [1.165, 1.54) is 12.3 Å². The van der Waals surface area contributed by atoms with Gasteiger partial charge in [-0.1, -0.05) is 19.0 Å². The molecule has 1 aliphatic rings. The topological polar surface area (TPSA) is 101 Å². The van der Waals surface area contributed by atoms with E-state index in [2.05, 4.69) is 15.2 Å². The molecule has 0 spiro atoms. The molecular formula is C16H19N3O4S. The summed E-state index contributed by atoms with van der Waals surface area (Å²) in [5.41, 5.74) is 1.90. The molecule has 0 radical (unpaired) electrons. The normalized spacial score (nSPS) is 16.5.